The van der Waals surface area contributed by atoms with E-state index >= 15 is 0 Å². The van der Waals surface area contributed by atoms with Crippen molar-refractivity contribution in [3.63, 3.8) is 0 Å². The molecule has 0 radical (unpaired) electrons. The maximum atomic E-state index is 11.2. The van der Waals surface area contributed by atoms with Crippen molar-refractivity contribution in [2.24, 2.45) is 0 Å². The molecule has 2 atom stereocenters. The van der Waals surface area contributed by atoms with E-state index in [1.165, 1.54) is 0 Å². The summed E-state index contributed by atoms with van der Waals surface area (Å²) in [4.78, 5) is 13.4. The second kappa shape index (κ2) is 4.16. The molecule has 0 bridgehead atoms. The SMILES string of the molecule is C[C@H]1CC[C@H](C)N1c1ccccc1C(=O)O. The normalized spacial score (nSPS) is 24.8. The summed E-state index contributed by atoms with van der Waals surface area (Å²) in [7, 11) is 0. The van der Waals surface area contributed by atoms with Crippen LogP contribution in [0.3, 0.4) is 0 Å². The molecule has 3 heteroatoms. The quantitative estimate of drug-likeness (QED) is 0.831. The maximum absolute atomic E-state index is 11.2. The topological polar surface area (TPSA) is 40.5 Å². The Hall–Kier alpha value is -1.51. The molecule has 1 aliphatic heterocycles. The third kappa shape index (κ3) is 1.77. The molecule has 0 amide bonds. The summed E-state index contributed by atoms with van der Waals surface area (Å²) in [5.41, 5.74) is 1.26. The Bertz CT molecular complexity index is 393. The van der Waals surface area contributed by atoms with Crippen LogP contribution in [0.15, 0.2) is 24.3 Å². The minimum Gasteiger partial charge on any atom is -0.478 e. The highest BCUT2D eigenvalue weighted by Crippen LogP contribution is 2.32. The number of rotatable bonds is 2. The zero-order valence-corrected chi connectivity index (χ0v) is 9.68. The molecule has 0 unspecified atom stereocenters. The van der Waals surface area contributed by atoms with Gasteiger partial charge in [0.25, 0.3) is 0 Å². The van der Waals surface area contributed by atoms with Gasteiger partial charge < -0.3 is 10.0 Å². The molecule has 16 heavy (non-hydrogen) atoms. The summed E-state index contributed by atoms with van der Waals surface area (Å²) in [5.74, 6) is -0.845. The van der Waals surface area contributed by atoms with Gasteiger partial charge in [0.2, 0.25) is 0 Å². The number of carboxylic acids is 1. The van der Waals surface area contributed by atoms with Gasteiger partial charge >= 0.3 is 5.97 Å². The van der Waals surface area contributed by atoms with Gasteiger partial charge in [0.05, 0.1) is 11.3 Å². The lowest BCUT2D eigenvalue weighted by Gasteiger charge is -2.29. The van der Waals surface area contributed by atoms with Crippen LogP contribution in [0.25, 0.3) is 0 Å². The molecule has 86 valence electrons. The molecule has 0 spiro atoms. The fourth-order valence-corrected chi connectivity index (χ4v) is 2.55. The standard InChI is InChI=1S/C13H17NO2/c1-9-7-8-10(2)14(9)12-6-4-3-5-11(12)13(15)16/h3-6,9-10H,7-8H2,1-2H3,(H,15,16)/t9-,10-/m0/s1. The van der Waals surface area contributed by atoms with Crippen LogP contribution in [-0.4, -0.2) is 23.2 Å². The predicted molar refractivity (Wildman–Crippen MR) is 64.0 cm³/mol. The van der Waals surface area contributed by atoms with Gasteiger partial charge in [-0.3, -0.25) is 0 Å². The summed E-state index contributed by atoms with van der Waals surface area (Å²) >= 11 is 0. The monoisotopic (exact) mass is 219 g/mol. The second-order valence-corrected chi connectivity index (χ2v) is 4.50. The third-order valence-electron chi connectivity index (χ3n) is 3.36. The molecule has 0 aromatic heterocycles. The van der Waals surface area contributed by atoms with E-state index in [1.807, 2.05) is 12.1 Å². The van der Waals surface area contributed by atoms with Gasteiger partial charge in [-0.1, -0.05) is 12.1 Å². The van der Waals surface area contributed by atoms with E-state index in [0.29, 0.717) is 17.6 Å². The predicted octanol–water partition coefficient (Wildman–Crippen LogP) is 2.76. The summed E-state index contributed by atoms with van der Waals surface area (Å²) in [6.45, 7) is 4.31. The Balaban J connectivity index is 2.43. The van der Waals surface area contributed by atoms with Crippen LogP contribution in [0.5, 0.6) is 0 Å². The number of benzene rings is 1. The Morgan fingerprint density at radius 3 is 2.38 bits per heavy atom. The third-order valence-corrected chi connectivity index (χ3v) is 3.36. The molecular formula is C13H17NO2. The Labute approximate surface area is 95.7 Å². The minimum absolute atomic E-state index is 0.406. The number of carboxylic acid groups (broad SMARTS) is 1. The summed E-state index contributed by atoms with van der Waals surface area (Å²) < 4.78 is 0. The Morgan fingerprint density at radius 1 is 1.25 bits per heavy atom. The number of hydrogen-bond acceptors (Lipinski definition) is 2. The fourth-order valence-electron chi connectivity index (χ4n) is 2.55. The number of carbonyl (C=O) groups is 1. The van der Waals surface area contributed by atoms with Crippen molar-refractivity contribution in [2.75, 3.05) is 4.90 Å². The van der Waals surface area contributed by atoms with Gasteiger partial charge in [0.15, 0.2) is 0 Å². The minimum atomic E-state index is -0.845. The number of nitrogens with zero attached hydrogens (tertiary/aromatic N) is 1. The zero-order valence-electron chi connectivity index (χ0n) is 9.68. The van der Waals surface area contributed by atoms with E-state index in [1.54, 1.807) is 12.1 Å². The zero-order chi connectivity index (χ0) is 11.7. The van der Waals surface area contributed by atoms with Gasteiger partial charge in [-0.05, 0) is 38.8 Å². The highest BCUT2D eigenvalue weighted by atomic mass is 16.4. The molecule has 1 fully saturated rings. The van der Waals surface area contributed by atoms with Crippen molar-refractivity contribution in [3.8, 4) is 0 Å². The van der Waals surface area contributed by atoms with Gasteiger partial charge in [-0.25, -0.2) is 4.79 Å². The lowest BCUT2D eigenvalue weighted by Crippen LogP contribution is -2.33. The highest BCUT2D eigenvalue weighted by molar-refractivity contribution is 5.94. The fraction of sp³-hybridized carbons (Fsp3) is 0.462. The summed E-state index contributed by atoms with van der Waals surface area (Å²) in [6, 6.07) is 8.11. The van der Waals surface area contributed by atoms with Crippen molar-refractivity contribution < 1.29 is 9.90 Å². The lowest BCUT2D eigenvalue weighted by molar-refractivity contribution is 0.0697. The number of hydrogen-bond donors (Lipinski definition) is 1. The molecule has 1 aromatic carbocycles. The average Bonchev–Trinajstić information content (AvgIpc) is 2.58. The van der Waals surface area contributed by atoms with Crippen LogP contribution < -0.4 is 4.90 Å². The molecule has 1 saturated heterocycles. The molecule has 1 aromatic rings. The van der Waals surface area contributed by atoms with Crippen LogP contribution >= 0.6 is 0 Å². The van der Waals surface area contributed by atoms with E-state index < -0.39 is 5.97 Å². The van der Waals surface area contributed by atoms with Crippen molar-refractivity contribution in [1.82, 2.24) is 0 Å². The number of para-hydroxylation sites is 1. The molecule has 3 nitrogen and oxygen atoms in total. The van der Waals surface area contributed by atoms with Crippen LogP contribution in [-0.2, 0) is 0 Å². The van der Waals surface area contributed by atoms with Crippen LogP contribution in [0.2, 0.25) is 0 Å². The van der Waals surface area contributed by atoms with Crippen molar-refractivity contribution in [2.45, 2.75) is 38.8 Å². The molecule has 1 aliphatic rings. The van der Waals surface area contributed by atoms with Crippen molar-refractivity contribution >= 4 is 11.7 Å². The summed E-state index contributed by atoms with van der Waals surface area (Å²) in [5, 5.41) is 9.17. The molecule has 1 heterocycles. The Kier molecular flexibility index (Phi) is 2.86. The molecular weight excluding hydrogens is 202 g/mol. The van der Waals surface area contributed by atoms with Gasteiger partial charge in [0, 0.05) is 12.1 Å². The van der Waals surface area contributed by atoms with E-state index in [-0.39, 0.29) is 0 Å². The highest BCUT2D eigenvalue weighted by Gasteiger charge is 2.29. The summed E-state index contributed by atoms with van der Waals surface area (Å²) in [6.07, 6.45) is 2.27. The smallest absolute Gasteiger partial charge is 0.337 e. The first-order chi connectivity index (χ1) is 7.61. The van der Waals surface area contributed by atoms with Crippen LogP contribution in [0.4, 0.5) is 5.69 Å². The second-order valence-electron chi connectivity index (χ2n) is 4.50. The van der Waals surface area contributed by atoms with Crippen molar-refractivity contribution in [1.29, 1.82) is 0 Å². The molecule has 2 rings (SSSR count). The largest absolute Gasteiger partial charge is 0.478 e. The van der Waals surface area contributed by atoms with Crippen molar-refractivity contribution in [3.05, 3.63) is 29.8 Å². The van der Waals surface area contributed by atoms with Gasteiger partial charge in [-0.15, -0.1) is 0 Å². The average molecular weight is 219 g/mol. The van der Waals surface area contributed by atoms with Crippen LogP contribution in [0.1, 0.15) is 37.0 Å². The number of anilines is 1. The Morgan fingerprint density at radius 2 is 1.81 bits per heavy atom. The maximum Gasteiger partial charge on any atom is 0.337 e. The van der Waals surface area contributed by atoms with E-state index in [0.717, 1.165) is 18.5 Å². The first-order valence-corrected chi connectivity index (χ1v) is 5.72. The van der Waals surface area contributed by atoms with Crippen LogP contribution in [0, 0.1) is 0 Å². The van der Waals surface area contributed by atoms with Gasteiger partial charge in [0.1, 0.15) is 0 Å². The molecule has 0 saturated carbocycles. The lowest BCUT2D eigenvalue weighted by atomic mass is 10.1. The van der Waals surface area contributed by atoms with E-state index in [4.69, 9.17) is 0 Å². The first-order valence-electron chi connectivity index (χ1n) is 5.72. The van der Waals surface area contributed by atoms with Gasteiger partial charge in [-0.2, -0.15) is 0 Å². The van der Waals surface area contributed by atoms with E-state index in [2.05, 4.69) is 18.7 Å². The number of aromatic carboxylic acids is 1. The molecule has 0 aliphatic carbocycles. The van der Waals surface area contributed by atoms with E-state index in [9.17, 15) is 9.90 Å². The molecule has 1 N–H and O–H groups in total. The first kappa shape index (κ1) is 11.0.